The van der Waals surface area contributed by atoms with Gasteiger partial charge < -0.3 is 14.6 Å². The number of nitrogens with zero attached hydrogens (tertiary/aromatic N) is 5. The summed E-state index contributed by atoms with van der Waals surface area (Å²) in [6.07, 6.45) is 10.8. The van der Waals surface area contributed by atoms with Gasteiger partial charge in [-0.3, -0.25) is 0 Å². The third kappa shape index (κ3) is 3.48. The van der Waals surface area contributed by atoms with Crippen LogP contribution in [0.1, 0.15) is 36.0 Å². The van der Waals surface area contributed by atoms with Crippen molar-refractivity contribution in [1.82, 2.24) is 29.6 Å². The van der Waals surface area contributed by atoms with Gasteiger partial charge in [0.25, 0.3) is 0 Å². The van der Waals surface area contributed by atoms with Crippen molar-refractivity contribution >= 4 is 0 Å². The van der Waals surface area contributed by atoms with Crippen molar-refractivity contribution in [2.45, 2.75) is 31.8 Å². The molecule has 7 nitrogen and oxygen atoms in total. The van der Waals surface area contributed by atoms with E-state index in [1.165, 1.54) is 11.3 Å². The van der Waals surface area contributed by atoms with Crippen LogP contribution in [0.15, 0.2) is 67.3 Å². The lowest BCUT2D eigenvalue weighted by molar-refractivity contribution is 0.414. The van der Waals surface area contributed by atoms with E-state index in [2.05, 4.69) is 25.0 Å². The molecule has 5 rings (SSSR count). The number of ether oxygens (including phenoxy) is 1. The molecule has 1 unspecified atom stereocenters. The quantitative estimate of drug-likeness (QED) is 0.535. The van der Waals surface area contributed by atoms with Crippen molar-refractivity contribution in [2.24, 2.45) is 0 Å². The molecule has 3 aromatic heterocycles. The third-order valence-electron chi connectivity index (χ3n) is 5.62. The first-order chi connectivity index (χ1) is 14.8. The van der Waals surface area contributed by atoms with Crippen molar-refractivity contribution in [3.05, 3.63) is 84.3 Å². The van der Waals surface area contributed by atoms with E-state index in [1.54, 1.807) is 13.3 Å². The first-order valence-electron chi connectivity index (χ1n) is 10.2. The Kier molecular flexibility index (Phi) is 5.03. The standard InChI is InChI=1S/C23H24N6O/c1-30-18-10-8-17(9-11-18)28-14-13-25-23(28)16-26-20-5-4-6-21-19(20)15-27-29(21)22-7-2-3-12-24-22/h2-3,7-15,20,26H,4-6,16H2,1H3. The number of fused-ring (bicyclic) bond motifs is 1. The Morgan fingerprint density at radius 1 is 1.10 bits per heavy atom. The van der Waals surface area contributed by atoms with Crippen molar-refractivity contribution < 1.29 is 4.74 Å². The molecule has 0 bridgehead atoms. The van der Waals surface area contributed by atoms with Crippen LogP contribution in [-0.2, 0) is 13.0 Å². The zero-order chi connectivity index (χ0) is 20.3. The van der Waals surface area contributed by atoms with E-state index in [0.717, 1.165) is 42.3 Å². The van der Waals surface area contributed by atoms with Crippen LogP contribution >= 0.6 is 0 Å². The van der Waals surface area contributed by atoms with E-state index in [-0.39, 0.29) is 6.04 Å². The van der Waals surface area contributed by atoms with Gasteiger partial charge in [0.15, 0.2) is 5.82 Å². The summed E-state index contributed by atoms with van der Waals surface area (Å²) in [7, 11) is 1.68. The number of pyridine rings is 1. The molecular weight excluding hydrogens is 376 g/mol. The van der Waals surface area contributed by atoms with Crippen LogP contribution in [0.3, 0.4) is 0 Å². The van der Waals surface area contributed by atoms with Gasteiger partial charge in [-0.05, 0) is 55.7 Å². The van der Waals surface area contributed by atoms with Gasteiger partial charge in [-0.2, -0.15) is 5.10 Å². The van der Waals surface area contributed by atoms with E-state index in [0.29, 0.717) is 6.54 Å². The molecule has 1 N–H and O–H groups in total. The predicted molar refractivity (Wildman–Crippen MR) is 114 cm³/mol. The zero-order valence-electron chi connectivity index (χ0n) is 16.9. The Morgan fingerprint density at radius 2 is 2.00 bits per heavy atom. The molecule has 0 amide bonds. The fourth-order valence-electron chi connectivity index (χ4n) is 4.10. The normalized spacial score (nSPS) is 15.7. The van der Waals surface area contributed by atoms with E-state index < -0.39 is 0 Å². The number of benzene rings is 1. The Labute approximate surface area is 175 Å². The maximum atomic E-state index is 5.26. The number of methoxy groups -OCH3 is 1. The lowest BCUT2D eigenvalue weighted by Gasteiger charge is -2.24. The number of rotatable bonds is 6. The van der Waals surface area contributed by atoms with Crippen molar-refractivity contribution in [3.8, 4) is 17.3 Å². The fraction of sp³-hybridized carbons (Fsp3) is 0.261. The Hall–Kier alpha value is -3.45. The molecule has 3 heterocycles. The molecule has 0 saturated heterocycles. The number of hydrogen-bond acceptors (Lipinski definition) is 5. The number of imidazole rings is 1. The lowest BCUT2D eigenvalue weighted by Crippen LogP contribution is -2.26. The smallest absolute Gasteiger partial charge is 0.153 e. The average molecular weight is 400 g/mol. The largest absolute Gasteiger partial charge is 0.497 e. The molecule has 0 aliphatic heterocycles. The molecule has 0 fully saturated rings. The van der Waals surface area contributed by atoms with Crippen LogP contribution in [-0.4, -0.2) is 31.4 Å². The molecule has 1 aliphatic rings. The summed E-state index contributed by atoms with van der Waals surface area (Å²) in [5, 5.41) is 8.32. The van der Waals surface area contributed by atoms with E-state index >= 15 is 0 Å². The number of nitrogens with one attached hydrogen (secondary N) is 1. The number of aromatic nitrogens is 5. The second-order valence-electron chi connectivity index (χ2n) is 7.38. The Balaban J connectivity index is 1.34. The van der Waals surface area contributed by atoms with E-state index in [4.69, 9.17) is 4.74 Å². The van der Waals surface area contributed by atoms with Crippen molar-refractivity contribution in [3.63, 3.8) is 0 Å². The van der Waals surface area contributed by atoms with Gasteiger partial charge in [0, 0.05) is 35.9 Å². The molecule has 152 valence electrons. The van der Waals surface area contributed by atoms with E-state index in [1.807, 2.05) is 65.7 Å². The molecule has 1 aromatic carbocycles. The van der Waals surface area contributed by atoms with Gasteiger partial charge in [-0.1, -0.05) is 6.07 Å². The predicted octanol–water partition coefficient (Wildman–Crippen LogP) is 3.63. The van der Waals surface area contributed by atoms with Gasteiger partial charge in [-0.25, -0.2) is 14.6 Å². The monoisotopic (exact) mass is 400 g/mol. The van der Waals surface area contributed by atoms with Crippen LogP contribution in [0.25, 0.3) is 11.5 Å². The van der Waals surface area contributed by atoms with Crippen LogP contribution in [0.4, 0.5) is 0 Å². The highest BCUT2D eigenvalue weighted by atomic mass is 16.5. The summed E-state index contributed by atoms with van der Waals surface area (Å²) in [5.74, 6) is 2.69. The Morgan fingerprint density at radius 3 is 2.80 bits per heavy atom. The van der Waals surface area contributed by atoms with Gasteiger partial charge in [-0.15, -0.1) is 0 Å². The average Bonchev–Trinajstić information content (AvgIpc) is 3.46. The highest BCUT2D eigenvalue weighted by Gasteiger charge is 2.25. The maximum Gasteiger partial charge on any atom is 0.153 e. The second-order valence-corrected chi connectivity index (χ2v) is 7.38. The van der Waals surface area contributed by atoms with Gasteiger partial charge in [0.2, 0.25) is 0 Å². The van der Waals surface area contributed by atoms with E-state index in [9.17, 15) is 0 Å². The topological polar surface area (TPSA) is 69.8 Å². The van der Waals surface area contributed by atoms with Crippen LogP contribution in [0.2, 0.25) is 0 Å². The van der Waals surface area contributed by atoms with Crippen molar-refractivity contribution in [2.75, 3.05) is 7.11 Å². The minimum absolute atomic E-state index is 0.257. The number of hydrogen-bond donors (Lipinski definition) is 1. The van der Waals surface area contributed by atoms with Crippen LogP contribution in [0, 0.1) is 0 Å². The zero-order valence-corrected chi connectivity index (χ0v) is 16.9. The summed E-state index contributed by atoms with van der Waals surface area (Å²) in [5.41, 5.74) is 3.57. The molecule has 0 saturated carbocycles. The molecule has 4 aromatic rings. The molecule has 7 heteroatoms. The summed E-state index contributed by atoms with van der Waals surface area (Å²) in [6.45, 7) is 0.678. The highest BCUT2D eigenvalue weighted by molar-refractivity contribution is 5.38. The summed E-state index contributed by atoms with van der Waals surface area (Å²) in [4.78, 5) is 9.02. The fourth-order valence-corrected chi connectivity index (χ4v) is 4.10. The molecule has 0 radical (unpaired) electrons. The van der Waals surface area contributed by atoms with Gasteiger partial charge in [0.05, 0.1) is 25.5 Å². The first-order valence-corrected chi connectivity index (χ1v) is 10.2. The molecule has 1 atom stereocenters. The van der Waals surface area contributed by atoms with Gasteiger partial charge in [0.1, 0.15) is 11.6 Å². The molecule has 30 heavy (non-hydrogen) atoms. The summed E-state index contributed by atoms with van der Waals surface area (Å²) in [6, 6.07) is 14.2. The van der Waals surface area contributed by atoms with Crippen LogP contribution in [0.5, 0.6) is 5.75 Å². The molecular formula is C23H24N6O. The summed E-state index contributed by atoms with van der Waals surface area (Å²) < 4.78 is 9.34. The second kappa shape index (κ2) is 8.12. The summed E-state index contributed by atoms with van der Waals surface area (Å²) >= 11 is 0. The third-order valence-corrected chi connectivity index (χ3v) is 5.62. The minimum Gasteiger partial charge on any atom is -0.497 e. The van der Waals surface area contributed by atoms with Crippen LogP contribution < -0.4 is 10.1 Å². The molecule has 1 aliphatic carbocycles. The SMILES string of the molecule is COc1ccc(-n2ccnc2CNC2CCCc3c2cnn3-c2ccccn2)cc1. The lowest BCUT2D eigenvalue weighted by atomic mass is 9.93. The first kappa shape index (κ1) is 18.6. The van der Waals surface area contributed by atoms with Gasteiger partial charge >= 0.3 is 0 Å². The minimum atomic E-state index is 0.257. The highest BCUT2D eigenvalue weighted by Crippen LogP contribution is 2.31. The van der Waals surface area contributed by atoms with Crippen molar-refractivity contribution in [1.29, 1.82) is 0 Å². The Bertz CT molecular complexity index is 1120. The molecule has 0 spiro atoms. The maximum absolute atomic E-state index is 5.26.